The van der Waals surface area contributed by atoms with Crippen LogP contribution in [0, 0.1) is 17.5 Å². The highest BCUT2D eigenvalue weighted by molar-refractivity contribution is 9.10. The predicted molar refractivity (Wildman–Crippen MR) is 120 cm³/mol. The van der Waals surface area contributed by atoms with E-state index in [1.165, 1.54) is 32.9 Å². The molecule has 0 aromatic heterocycles. The van der Waals surface area contributed by atoms with Crippen molar-refractivity contribution >= 4 is 31.6 Å². The lowest BCUT2D eigenvalue weighted by Crippen LogP contribution is -2.48. The molecule has 1 N–H and O–H groups in total. The van der Waals surface area contributed by atoms with Gasteiger partial charge in [0.25, 0.3) is 0 Å². The van der Waals surface area contributed by atoms with Gasteiger partial charge in [0.15, 0.2) is 5.82 Å². The molecule has 0 amide bonds. The Morgan fingerprint density at radius 2 is 1.78 bits per heavy atom. The number of nitrogens with zero attached hydrogens (tertiary/aromatic N) is 1. The zero-order chi connectivity index (χ0) is 24.0. The smallest absolute Gasteiger partial charge is 0.232 e. The molecule has 0 saturated heterocycles. The summed E-state index contributed by atoms with van der Waals surface area (Å²) in [6.07, 6.45) is 0.120. The molecule has 0 radical (unpaired) electrons. The minimum Gasteiger partial charge on any atom is -0.286 e. The first kappa shape index (κ1) is 25.0. The Hall–Kier alpha value is -1.65. The van der Waals surface area contributed by atoms with Crippen molar-refractivity contribution in [1.29, 1.82) is 0 Å². The summed E-state index contributed by atoms with van der Waals surface area (Å²) in [6, 6.07) is 3.33. The molecule has 176 valence electrons. The molecule has 0 aliphatic carbocycles. The number of halogens is 5. The van der Waals surface area contributed by atoms with Gasteiger partial charge in [0, 0.05) is 22.6 Å². The third-order valence-corrected chi connectivity index (χ3v) is 7.24. The SMILES string of the molecule is CCS(=O)(=O)Nc1ccc2c(c1F)C[C@@H](C)N(CC(C)(C)F)[C@@H]2c1c(F)cc(Br)cc1F. The number of hydrogen-bond acceptors (Lipinski definition) is 3. The molecule has 10 heteroatoms. The Bertz CT molecular complexity index is 1110. The van der Waals surface area contributed by atoms with Crippen LogP contribution in [0.5, 0.6) is 0 Å². The molecule has 0 saturated carbocycles. The molecule has 1 heterocycles. The Kier molecular flexibility index (Phi) is 6.98. The van der Waals surface area contributed by atoms with Gasteiger partial charge < -0.3 is 0 Å². The van der Waals surface area contributed by atoms with Crippen LogP contribution in [0.15, 0.2) is 28.7 Å². The number of alkyl halides is 1. The first-order valence-electron chi connectivity index (χ1n) is 10.1. The number of fused-ring (bicyclic) bond motifs is 1. The highest BCUT2D eigenvalue weighted by Crippen LogP contribution is 2.43. The van der Waals surface area contributed by atoms with Crippen LogP contribution in [-0.4, -0.2) is 37.3 Å². The summed E-state index contributed by atoms with van der Waals surface area (Å²) in [6.45, 7) is 5.73. The summed E-state index contributed by atoms with van der Waals surface area (Å²) in [7, 11) is -3.73. The Balaban J connectivity index is 2.23. The molecule has 2 aromatic rings. The Labute approximate surface area is 194 Å². The first-order chi connectivity index (χ1) is 14.7. The van der Waals surface area contributed by atoms with Crippen molar-refractivity contribution < 1.29 is 26.0 Å². The minimum absolute atomic E-state index is 0.120. The van der Waals surface area contributed by atoms with Crippen molar-refractivity contribution in [3.63, 3.8) is 0 Å². The van der Waals surface area contributed by atoms with Crippen LogP contribution in [-0.2, 0) is 16.4 Å². The summed E-state index contributed by atoms with van der Waals surface area (Å²) in [5.41, 5.74) is -1.81. The topological polar surface area (TPSA) is 49.4 Å². The molecular weight excluding hydrogens is 512 g/mol. The van der Waals surface area contributed by atoms with Gasteiger partial charge in [-0.3, -0.25) is 9.62 Å². The Morgan fingerprint density at radius 3 is 2.31 bits per heavy atom. The maximum Gasteiger partial charge on any atom is 0.232 e. The molecule has 0 spiro atoms. The summed E-state index contributed by atoms with van der Waals surface area (Å²) < 4.78 is 86.3. The van der Waals surface area contributed by atoms with Crippen LogP contribution < -0.4 is 4.72 Å². The lowest BCUT2D eigenvalue weighted by atomic mass is 9.83. The lowest BCUT2D eigenvalue weighted by Gasteiger charge is -2.44. The van der Waals surface area contributed by atoms with Crippen LogP contribution in [0.4, 0.5) is 23.2 Å². The summed E-state index contributed by atoms with van der Waals surface area (Å²) in [4.78, 5) is 1.62. The quantitative estimate of drug-likeness (QED) is 0.481. The lowest BCUT2D eigenvalue weighted by molar-refractivity contribution is 0.0645. The van der Waals surface area contributed by atoms with Crippen molar-refractivity contribution in [3.05, 3.63) is 62.9 Å². The molecule has 1 aliphatic heterocycles. The molecule has 0 bridgehead atoms. The van der Waals surface area contributed by atoms with Crippen molar-refractivity contribution in [3.8, 4) is 0 Å². The van der Waals surface area contributed by atoms with E-state index >= 15 is 4.39 Å². The number of anilines is 1. The van der Waals surface area contributed by atoms with Crippen LogP contribution in [0.3, 0.4) is 0 Å². The van der Waals surface area contributed by atoms with Crippen molar-refractivity contribution in [2.24, 2.45) is 0 Å². The van der Waals surface area contributed by atoms with E-state index in [0.29, 0.717) is 0 Å². The second-order valence-corrected chi connectivity index (χ2v) is 11.6. The van der Waals surface area contributed by atoms with Gasteiger partial charge in [-0.05, 0) is 63.4 Å². The normalized spacial score (nSPS) is 19.7. The number of hydrogen-bond donors (Lipinski definition) is 1. The third kappa shape index (κ3) is 5.12. The average molecular weight is 537 g/mol. The monoisotopic (exact) mass is 536 g/mol. The van der Waals surface area contributed by atoms with E-state index in [4.69, 9.17) is 0 Å². The largest absolute Gasteiger partial charge is 0.286 e. The second-order valence-electron chi connectivity index (χ2n) is 8.63. The van der Waals surface area contributed by atoms with E-state index < -0.39 is 45.2 Å². The third-order valence-electron chi connectivity index (χ3n) is 5.49. The maximum atomic E-state index is 15.4. The van der Waals surface area contributed by atoms with Crippen molar-refractivity contribution in [1.82, 2.24) is 4.90 Å². The number of rotatable bonds is 6. The highest BCUT2D eigenvalue weighted by atomic mass is 79.9. The minimum atomic E-state index is -3.73. The molecular formula is C22H25BrF4N2O2S. The molecule has 0 fully saturated rings. The molecule has 4 nitrogen and oxygen atoms in total. The van der Waals surface area contributed by atoms with E-state index in [9.17, 15) is 21.6 Å². The fourth-order valence-corrected chi connectivity index (χ4v) is 5.12. The predicted octanol–water partition coefficient (Wildman–Crippen LogP) is 5.71. The van der Waals surface area contributed by atoms with Crippen LogP contribution in [0.1, 0.15) is 50.4 Å². The zero-order valence-electron chi connectivity index (χ0n) is 18.1. The number of nitrogens with one attached hydrogen (secondary N) is 1. The number of benzene rings is 2. The van der Waals surface area contributed by atoms with E-state index in [0.717, 1.165) is 12.1 Å². The van der Waals surface area contributed by atoms with Gasteiger partial charge in [0.05, 0.1) is 17.5 Å². The molecule has 2 aromatic carbocycles. The summed E-state index contributed by atoms with van der Waals surface area (Å²) >= 11 is 3.06. The highest BCUT2D eigenvalue weighted by Gasteiger charge is 2.40. The first-order valence-corrected chi connectivity index (χ1v) is 12.6. The molecule has 3 rings (SSSR count). The zero-order valence-corrected chi connectivity index (χ0v) is 20.5. The van der Waals surface area contributed by atoms with Gasteiger partial charge in [0.1, 0.15) is 17.3 Å². The summed E-state index contributed by atoms with van der Waals surface area (Å²) in [5.74, 6) is -2.73. The van der Waals surface area contributed by atoms with Gasteiger partial charge in [-0.1, -0.05) is 22.0 Å². The standard InChI is InChI=1S/C22H25BrF4N2O2S/c1-5-32(30,31)28-18-7-6-14-15(20(18)26)8-12(2)29(11-22(3,4)27)21(14)19-16(24)9-13(23)10-17(19)25/h6-7,9-10,12,21,28H,5,8,11H2,1-4H3/t12-,21+/m1/s1. The molecule has 1 aliphatic rings. The van der Waals surface area contributed by atoms with Gasteiger partial charge in [-0.15, -0.1) is 0 Å². The Morgan fingerprint density at radius 1 is 1.19 bits per heavy atom. The van der Waals surface area contributed by atoms with Crippen molar-refractivity contribution in [2.45, 2.75) is 51.9 Å². The molecule has 2 atom stereocenters. The fourth-order valence-electron chi connectivity index (χ4n) is 4.08. The van der Waals surface area contributed by atoms with Gasteiger partial charge in [-0.25, -0.2) is 26.0 Å². The average Bonchev–Trinajstić information content (AvgIpc) is 2.65. The molecule has 0 unspecified atom stereocenters. The van der Waals surface area contributed by atoms with Crippen molar-refractivity contribution in [2.75, 3.05) is 17.0 Å². The number of sulfonamides is 1. The second kappa shape index (κ2) is 8.95. The van der Waals surface area contributed by atoms with E-state index in [-0.39, 0.29) is 45.6 Å². The van der Waals surface area contributed by atoms with Crippen LogP contribution >= 0.6 is 15.9 Å². The van der Waals surface area contributed by atoms with E-state index in [2.05, 4.69) is 20.7 Å². The van der Waals surface area contributed by atoms with Crippen LogP contribution in [0.2, 0.25) is 0 Å². The van der Waals surface area contributed by atoms with Gasteiger partial charge >= 0.3 is 0 Å². The summed E-state index contributed by atoms with van der Waals surface area (Å²) in [5, 5.41) is 0. The van der Waals surface area contributed by atoms with Gasteiger partial charge in [0.2, 0.25) is 10.0 Å². The van der Waals surface area contributed by atoms with Crippen LogP contribution in [0.25, 0.3) is 0 Å². The fraction of sp³-hybridized carbons (Fsp3) is 0.455. The van der Waals surface area contributed by atoms with E-state index in [1.807, 2.05) is 0 Å². The molecule has 32 heavy (non-hydrogen) atoms. The van der Waals surface area contributed by atoms with Gasteiger partial charge in [-0.2, -0.15) is 0 Å². The maximum absolute atomic E-state index is 15.4. The van der Waals surface area contributed by atoms with E-state index in [1.54, 1.807) is 11.8 Å².